The average Bonchev–Trinajstić information content (AvgIpc) is 2.71. The van der Waals surface area contributed by atoms with Crippen LogP contribution in [0.15, 0.2) is 24.3 Å². The number of hydrogen-bond acceptors (Lipinski definition) is 4. The van der Waals surface area contributed by atoms with Gasteiger partial charge >= 0.3 is 0 Å². The molecule has 0 spiro atoms. The predicted octanol–water partition coefficient (Wildman–Crippen LogP) is 1.22. The quantitative estimate of drug-likeness (QED) is 0.746. The highest BCUT2D eigenvalue weighted by Crippen LogP contribution is 2.23. The molecule has 1 saturated heterocycles. The Morgan fingerprint density at radius 3 is 2.62 bits per heavy atom. The van der Waals surface area contributed by atoms with Gasteiger partial charge in [-0.1, -0.05) is 0 Å². The Kier molecular flexibility index (Phi) is 2.78. The Hall–Kier alpha value is -2.02. The van der Waals surface area contributed by atoms with Crippen molar-refractivity contribution < 1.29 is 9.53 Å². The van der Waals surface area contributed by atoms with Gasteiger partial charge in [0.25, 0.3) is 0 Å². The van der Waals surface area contributed by atoms with Crippen LogP contribution in [0.25, 0.3) is 0 Å². The van der Waals surface area contributed by atoms with Crippen molar-refractivity contribution in [1.29, 1.82) is 5.26 Å². The molecule has 0 saturated carbocycles. The Labute approximate surface area is 94.0 Å². The summed E-state index contributed by atoms with van der Waals surface area (Å²) in [6.45, 7) is 0.812. The fourth-order valence-electron chi connectivity index (χ4n) is 1.79. The highest BCUT2D eigenvalue weighted by molar-refractivity contribution is 5.91. The molecule has 0 aromatic heterocycles. The first-order chi connectivity index (χ1) is 7.74. The van der Waals surface area contributed by atoms with E-state index >= 15 is 0 Å². The van der Waals surface area contributed by atoms with Gasteiger partial charge in [-0.2, -0.15) is 5.26 Å². The molecule has 0 bridgehead atoms. The topological polar surface area (TPSA) is 53.3 Å². The first-order valence-electron chi connectivity index (χ1n) is 5.06. The number of nitriles is 1. The van der Waals surface area contributed by atoms with Gasteiger partial charge in [0.05, 0.1) is 19.7 Å². The van der Waals surface area contributed by atoms with Crippen LogP contribution in [0.5, 0.6) is 5.75 Å². The Bertz CT molecular complexity index is 433. The molecule has 1 aliphatic rings. The van der Waals surface area contributed by atoms with Gasteiger partial charge in [0.15, 0.2) is 5.78 Å². The normalized spacial score (nSPS) is 19.6. The molecule has 1 atom stereocenters. The molecule has 16 heavy (non-hydrogen) atoms. The second-order valence-electron chi connectivity index (χ2n) is 3.73. The van der Waals surface area contributed by atoms with Crippen LogP contribution in [0.2, 0.25) is 0 Å². The standard InChI is InChI=1S/C12H12N2O2/c1-16-11-4-2-10(3-5-11)14-7-9(6-13)12(15)8-14/h2-5,9H,7-8H2,1H3/t9-/m1/s1. The number of ether oxygens (including phenoxy) is 1. The molecular weight excluding hydrogens is 204 g/mol. The van der Waals surface area contributed by atoms with E-state index in [4.69, 9.17) is 10.00 Å². The van der Waals surface area contributed by atoms with E-state index in [1.54, 1.807) is 7.11 Å². The summed E-state index contributed by atoms with van der Waals surface area (Å²) >= 11 is 0. The number of carbonyl (C=O) groups excluding carboxylic acids is 1. The van der Waals surface area contributed by atoms with Crippen molar-refractivity contribution in [2.45, 2.75) is 0 Å². The van der Waals surface area contributed by atoms with Gasteiger partial charge in [-0.15, -0.1) is 0 Å². The number of nitrogens with zero attached hydrogens (tertiary/aromatic N) is 2. The van der Waals surface area contributed by atoms with Crippen LogP contribution in [0.4, 0.5) is 5.69 Å². The van der Waals surface area contributed by atoms with Gasteiger partial charge in [-0.3, -0.25) is 4.79 Å². The van der Waals surface area contributed by atoms with E-state index in [0.29, 0.717) is 13.1 Å². The molecule has 1 aromatic rings. The van der Waals surface area contributed by atoms with Crippen molar-refractivity contribution >= 4 is 11.5 Å². The summed E-state index contributed by atoms with van der Waals surface area (Å²) in [6.07, 6.45) is 0. The third-order valence-electron chi connectivity index (χ3n) is 2.73. The van der Waals surface area contributed by atoms with E-state index in [0.717, 1.165) is 11.4 Å². The van der Waals surface area contributed by atoms with E-state index in [1.165, 1.54) is 0 Å². The van der Waals surface area contributed by atoms with Crippen molar-refractivity contribution in [1.82, 2.24) is 0 Å². The zero-order valence-corrected chi connectivity index (χ0v) is 9.01. The van der Waals surface area contributed by atoms with Crippen LogP contribution >= 0.6 is 0 Å². The van der Waals surface area contributed by atoms with Crippen molar-refractivity contribution in [3.05, 3.63) is 24.3 Å². The number of methoxy groups -OCH3 is 1. The molecule has 0 aliphatic carbocycles. The van der Waals surface area contributed by atoms with Crippen molar-refractivity contribution in [2.75, 3.05) is 25.1 Å². The maximum absolute atomic E-state index is 11.4. The fourth-order valence-corrected chi connectivity index (χ4v) is 1.79. The summed E-state index contributed by atoms with van der Waals surface area (Å²) in [6, 6.07) is 9.50. The van der Waals surface area contributed by atoms with Gasteiger partial charge in [0, 0.05) is 12.2 Å². The number of Topliss-reactive ketones (excluding diaryl/α,β-unsaturated/α-hetero) is 1. The smallest absolute Gasteiger partial charge is 0.170 e. The minimum atomic E-state index is -0.484. The van der Waals surface area contributed by atoms with Crippen LogP contribution in [0.3, 0.4) is 0 Å². The summed E-state index contributed by atoms with van der Waals surface area (Å²) in [5.74, 6) is 0.298. The van der Waals surface area contributed by atoms with Crippen LogP contribution < -0.4 is 9.64 Å². The molecule has 0 amide bonds. The van der Waals surface area contributed by atoms with Gasteiger partial charge in [0.2, 0.25) is 0 Å². The van der Waals surface area contributed by atoms with Gasteiger partial charge < -0.3 is 9.64 Å². The van der Waals surface area contributed by atoms with E-state index in [1.807, 2.05) is 35.2 Å². The Morgan fingerprint density at radius 1 is 1.44 bits per heavy atom. The second kappa shape index (κ2) is 4.23. The molecule has 0 radical (unpaired) electrons. The zero-order chi connectivity index (χ0) is 11.5. The lowest BCUT2D eigenvalue weighted by atomic mass is 10.1. The van der Waals surface area contributed by atoms with Crippen LogP contribution in [0.1, 0.15) is 0 Å². The predicted molar refractivity (Wildman–Crippen MR) is 59.3 cm³/mol. The molecule has 1 fully saturated rings. The minimum absolute atomic E-state index is 0.00156. The summed E-state index contributed by atoms with van der Waals surface area (Å²) in [4.78, 5) is 13.3. The molecule has 1 aromatic carbocycles. The zero-order valence-electron chi connectivity index (χ0n) is 9.01. The molecule has 2 rings (SSSR count). The fraction of sp³-hybridized carbons (Fsp3) is 0.333. The molecule has 4 heteroatoms. The highest BCUT2D eigenvalue weighted by atomic mass is 16.5. The Morgan fingerprint density at radius 2 is 2.12 bits per heavy atom. The van der Waals surface area contributed by atoms with Crippen LogP contribution in [-0.4, -0.2) is 26.0 Å². The number of carbonyl (C=O) groups is 1. The van der Waals surface area contributed by atoms with E-state index < -0.39 is 5.92 Å². The molecule has 0 N–H and O–H groups in total. The summed E-state index contributed by atoms with van der Waals surface area (Å²) in [5, 5.41) is 8.77. The van der Waals surface area contributed by atoms with Crippen molar-refractivity contribution in [3.8, 4) is 11.8 Å². The first-order valence-corrected chi connectivity index (χ1v) is 5.06. The van der Waals surface area contributed by atoms with Gasteiger partial charge in [-0.05, 0) is 24.3 Å². The molecule has 4 nitrogen and oxygen atoms in total. The maximum atomic E-state index is 11.4. The minimum Gasteiger partial charge on any atom is -0.497 e. The van der Waals surface area contributed by atoms with E-state index in [9.17, 15) is 4.79 Å². The van der Waals surface area contributed by atoms with E-state index in [-0.39, 0.29) is 5.78 Å². The maximum Gasteiger partial charge on any atom is 0.170 e. The van der Waals surface area contributed by atoms with Crippen molar-refractivity contribution in [3.63, 3.8) is 0 Å². The third-order valence-corrected chi connectivity index (χ3v) is 2.73. The molecule has 82 valence electrons. The number of anilines is 1. The third kappa shape index (κ3) is 1.84. The largest absolute Gasteiger partial charge is 0.497 e. The number of ketones is 1. The number of benzene rings is 1. The monoisotopic (exact) mass is 216 g/mol. The van der Waals surface area contributed by atoms with Gasteiger partial charge in [0.1, 0.15) is 11.7 Å². The molecular formula is C12H12N2O2. The lowest BCUT2D eigenvalue weighted by Gasteiger charge is -2.16. The number of hydrogen-bond donors (Lipinski definition) is 0. The Balaban J connectivity index is 2.14. The summed E-state index contributed by atoms with van der Waals surface area (Å²) in [5.41, 5.74) is 0.951. The second-order valence-corrected chi connectivity index (χ2v) is 3.73. The van der Waals surface area contributed by atoms with Crippen molar-refractivity contribution in [2.24, 2.45) is 5.92 Å². The highest BCUT2D eigenvalue weighted by Gasteiger charge is 2.30. The lowest BCUT2D eigenvalue weighted by Crippen LogP contribution is -2.19. The van der Waals surface area contributed by atoms with E-state index in [2.05, 4.69) is 0 Å². The average molecular weight is 216 g/mol. The SMILES string of the molecule is COc1ccc(N2CC(=O)[C@H](C#N)C2)cc1. The summed E-state index contributed by atoms with van der Waals surface area (Å²) in [7, 11) is 1.61. The molecule has 0 unspecified atom stereocenters. The molecule has 1 heterocycles. The summed E-state index contributed by atoms with van der Waals surface area (Å²) < 4.78 is 5.06. The van der Waals surface area contributed by atoms with Crippen LogP contribution in [0, 0.1) is 17.2 Å². The first kappa shape index (κ1) is 10.5. The lowest BCUT2D eigenvalue weighted by molar-refractivity contribution is -0.118. The van der Waals surface area contributed by atoms with Crippen LogP contribution in [-0.2, 0) is 4.79 Å². The van der Waals surface area contributed by atoms with Gasteiger partial charge in [-0.25, -0.2) is 0 Å². The number of rotatable bonds is 2. The molecule has 1 aliphatic heterocycles.